The predicted molar refractivity (Wildman–Crippen MR) is 81.0 cm³/mol. The second kappa shape index (κ2) is 6.55. The molecule has 1 atom stereocenters. The highest BCUT2D eigenvalue weighted by molar-refractivity contribution is 9.10. The van der Waals surface area contributed by atoms with Crippen LogP contribution in [0.1, 0.15) is 17.2 Å². The summed E-state index contributed by atoms with van der Waals surface area (Å²) < 4.78 is 14.2. The van der Waals surface area contributed by atoms with E-state index >= 15 is 0 Å². The van der Waals surface area contributed by atoms with Gasteiger partial charge in [-0.05, 0) is 41.1 Å². The van der Waals surface area contributed by atoms with E-state index in [1.807, 2.05) is 25.1 Å². The van der Waals surface area contributed by atoms with Crippen LogP contribution < -0.4 is 0 Å². The molecule has 0 fully saturated rings. The fraction of sp³-hybridized carbons (Fsp3) is 0.200. The van der Waals surface area contributed by atoms with Crippen molar-refractivity contribution in [2.75, 3.05) is 5.75 Å². The highest BCUT2D eigenvalue weighted by Crippen LogP contribution is 2.29. The first-order chi connectivity index (χ1) is 9.08. The maximum atomic E-state index is 13.8. The van der Waals surface area contributed by atoms with Crippen LogP contribution >= 0.6 is 27.7 Å². The highest BCUT2D eigenvalue weighted by Gasteiger charge is 2.15. The molecule has 1 unspecified atom stereocenters. The van der Waals surface area contributed by atoms with Crippen LogP contribution in [0, 0.1) is 12.7 Å². The molecular weight excluding hydrogens is 327 g/mol. The molecule has 0 spiro atoms. The average Bonchev–Trinajstić information content (AvgIpc) is 2.39. The van der Waals surface area contributed by atoms with E-state index in [1.54, 1.807) is 18.2 Å². The molecule has 4 heteroatoms. The first-order valence-corrected chi connectivity index (χ1v) is 7.67. The first-order valence-electron chi connectivity index (χ1n) is 5.89. The number of halogens is 2. The number of hydrogen-bond donors (Lipinski definition) is 1. The quantitative estimate of drug-likeness (QED) is 0.812. The summed E-state index contributed by atoms with van der Waals surface area (Å²) in [4.78, 5) is 1.08. The number of aryl methyl sites for hydroxylation is 1. The Balaban J connectivity index is 2.05. The van der Waals surface area contributed by atoms with Gasteiger partial charge >= 0.3 is 0 Å². The van der Waals surface area contributed by atoms with Crippen LogP contribution in [0.2, 0.25) is 0 Å². The Morgan fingerprint density at radius 2 is 2.00 bits per heavy atom. The maximum absolute atomic E-state index is 13.8. The molecule has 100 valence electrons. The zero-order valence-electron chi connectivity index (χ0n) is 10.4. The van der Waals surface area contributed by atoms with Crippen LogP contribution in [0.15, 0.2) is 51.8 Å². The summed E-state index contributed by atoms with van der Waals surface area (Å²) in [6.07, 6.45) is -0.817. The molecule has 0 amide bonds. The van der Waals surface area contributed by atoms with Crippen LogP contribution in [0.25, 0.3) is 0 Å². The molecule has 0 bridgehead atoms. The van der Waals surface area contributed by atoms with E-state index in [0.717, 1.165) is 4.90 Å². The summed E-state index contributed by atoms with van der Waals surface area (Å²) >= 11 is 4.65. The van der Waals surface area contributed by atoms with Crippen LogP contribution in [0.3, 0.4) is 0 Å². The van der Waals surface area contributed by atoms with Gasteiger partial charge in [-0.15, -0.1) is 11.8 Å². The predicted octanol–water partition coefficient (Wildman–Crippen LogP) is 4.72. The summed E-state index contributed by atoms with van der Waals surface area (Å²) in [5.74, 6) is 0.0384. The molecule has 2 aromatic rings. The van der Waals surface area contributed by atoms with Crippen molar-refractivity contribution in [3.63, 3.8) is 0 Å². The van der Waals surface area contributed by atoms with Crippen molar-refractivity contribution in [1.29, 1.82) is 0 Å². The molecule has 0 aliphatic rings. The van der Waals surface area contributed by atoms with Crippen molar-refractivity contribution < 1.29 is 9.50 Å². The largest absolute Gasteiger partial charge is 0.387 e. The molecule has 1 nitrogen and oxygen atoms in total. The van der Waals surface area contributed by atoms with Crippen LogP contribution in [-0.4, -0.2) is 10.9 Å². The van der Waals surface area contributed by atoms with E-state index in [4.69, 9.17) is 0 Å². The third-order valence-corrected chi connectivity index (χ3v) is 4.42. The monoisotopic (exact) mass is 340 g/mol. The summed E-state index contributed by atoms with van der Waals surface area (Å²) in [5.41, 5.74) is 1.50. The molecule has 2 aromatic carbocycles. The van der Waals surface area contributed by atoms with Crippen LogP contribution in [0.4, 0.5) is 4.39 Å². The Kier molecular flexibility index (Phi) is 5.02. The minimum atomic E-state index is -0.817. The fourth-order valence-electron chi connectivity index (χ4n) is 1.75. The van der Waals surface area contributed by atoms with Gasteiger partial charge in [-0.1, -0.05) is 29.8 Å². The normalized spacial score (nSPS) is 12.4. The fourth-order valence-corrected chi connectivity index (χ4v) is 3.10. The Morgan fingerprint density at radius 3 is 2.74 bits per heavy atom. The average molecular weight is 341 g/mol. The van der Waals surface area contributed by atoms with Crippen molar-refractivity contribution in [3.8, 4) is 0 Å². The van der Waals surface area contributed by atoms with Crippen LogP contribution in [0.5, 0.6) is 0 Å². The number of aliphatic hydroxyl groups excluding tert-OH is 1. The molecule has 0 aliphatic carbocycles. The van der Waals surface area contributed by atoms with Gasteiger partial charge in [-0.3, -0.25) is 0 Å². The lowest BCUT2D eigenvalue weighted by atomic mass is 10.1. The molecule has 0 aromatic heterocycles. The van der Waals surface area contributed by atoms with Gasteiger partial charge < -0.3 is 5.11 Å². The lowest BCUT2D eigenvalue weighted by Gasteiger charge is -2.12. The van der Waals surface area contributed by atoms with Gasteiger partial charge in [0.15, 0.2) is 0 Å². The van der Waals surface area contributed by atoms with Gasteiger partial charge in [-0.2, -0.15) is 0 Å². The maximum Gasteiger partial charge on any atom is 0.143 e. The summed E-state index contributed by atoms with van der Waals surface area (Å²) in [5, 5.41) is 10.1. The summed E-state index contributed by atoms with van der Waals surface area (Å²) in [7, 11) is 0. The second-order valence-corrected chi connectivity index (χ2v) is 6.23. The molecule has 19 heavy (non-hydrogen) atoms. The molecule has 2 rings (SSSR count). The highest BCUT2D eigenvalue weighted by atomic mass is 79.9. The number of rotatable bonds is 4. The van der Waals surface area contributed by atoms with E-state index < -0.39 is 6.10 Å². The third kappa shape index (κ3) is 3.81. The topological polar surface area (TPSA) is 20.2 Å². The van der Waals surface area contributed by atoms with E-state index in [0.29, 0.717) is 15.8 Å². The van der Waals surface area contributed by atoms with Gasteiger partial charge in [0, 0.05) is 16.2 Å². The van der Waals surface area contributed by atoms with Gasteiger partial charge in [0.25, 0.3) is 0 Å². The Bertz CT molecular complexity index is 574. The molecule has 1 N–H and O–H groups in total. The third-order valence-electron chi connectivity index (χ3n) is 2.74. The lowest BCUT2D eigenvalue weighted by Crippen LogP contribution is -2.03. The minimum Gasteiger partial charge on any atom is -0.387 e. The zero-order chi connectivity index (χ0) is 13.8. The minimum absolute atomic E-state index is 0.328. The summed E-state index contributed by atoms with van der Waals surface area (Å²) in [6.45, 7) is 2.02. The van der Waals surface area contributed by atoms with Crippen molar-refractivity contribution in [2.24, 2.45) is 0 Å². The smallest absolute Gasteiger partial charge is 0.143 e. The van der Waals surface area contributed by atoms with Crippen molar-refractivity contribution >= 4 is 27.7 Å². The molecular formula is C15H14BrFOS. The molecule has 0 saturated carbocycles. The SMILES string of the molecule is Cc1cccc(SCC(O)c2cccc(Br)c2F)c1. The zero-order valence-corrected chi connectivity index (χ0v) is 12.8. The number of hydrogen-bond acceptors (Lipinski definition) is 2. The Hall–Kier alpha value is -0.840. The van der Waals surface area contributed by atoms with E-state index in [9.17, 15) is 9.50 Å². The van der Waals surface area contributed by atoms with Gasteiger partial charge in [-0.25, -0.2) is 4.39 Å². The van der Waals surface area contributed by atoms with E-state index in [2.05, 4.69) is 22.0 Å². The van der Waals surface area contributed by atoms with Gasteiger partial charge in [0.05, 0.1) is 10.6 Å². The molecule has 0 saturated heterocycles. The number of benzene rings is 2. The second-order valence-electron chi connectivity index (χ2n) is 4.29. The van der Waals surface area contributed by atoms with E-state index in [-0.39, 0.29) is 5.82 Å². The van der Waals surface area contributed by atoms with Crippen LogP contribution in [-0.2, 0) is 0 Å². The first kappa shape index (κ1) is 14.6. The number of thioether (sulfide) groups is 1. The van der Waals surface area contributed by atoms with E-state index in [1.165, 1.54) is 17.3 Å². The van der Waals surface area contributed by atoms with Crippen molar-refractivity contribution in [1.82, 2.24) is 0 Å². The molecule has 0 aliphatic heterocycles. The Labute approximate surface area is 125 Å². The summed E-state index contributed by atoms with van der Waals surface area (Å²) in [6, 6.07) is 13.0. The standard InChI is InChI=1S/C15H14BrFOS/c1-10-4-2-5-11(8-10)19-9-14(18)12-6-3-7-13(16)15(12)17/h2-8,14,18H,9H2,1H3. The lowest BCUT2D eigenvalue weighted by molar-refractivity contribution is 0.198. The van der Waals surface area contributed by atoms with Gasteiger partial charge in [0.1, 0.15) is 5.82 Å². The van der Waals surface area contributed by atoms with Gasteiger partial charge in [0.2, 0.25) is 0 Å². The van der Waals surface area contributed by atoms with Crippen molar-refractivity contribution in [3.05, 3.63) is 63.9 Å². The molecule has 0 radical (unpaired) electrons. The number of aliphatic hydroxyl groups is 1. The Morgan fingerprint density at radius 1 is 1.26 bits per heavy atom. The molecule has 0 heterocycles. The van der Waals surface area contributed by atoms with Crippen molar-refractivity contribution in [2.45, 2.75) is 17.9 Å².